The zero-order valence-electron chi connectivity index (χ0n) is 23.9. The molecule has 8 aromatic rings. The summed E-state index contributed by atoms with van der Waals surface area (Å²) in [6, 6.07) is 49.8. The third-order valence-electron chi connectivity index (χ3n) is 8.43. The van der Waals surface area contributed by atoms with Crippen LogP contribution in [0.1, 0.15) is 12.7 Å². The lowest BCUT2D eigenvalue weighted by atomic mass is 9.86. The molecule has 43 heavy (non-hydrogen) atoms. The van der Waals surface area contributed by atoms with Crippen molar-refractivity contribution in [3.8, 4) is 39.2 Å². The van der Waals surface area contributed by atoms with Crippen molar-refractivity contribution in [2.24, 2.45) is 0 Å². The molecule has 0 N–H and O–H groups in total. The first-order valence-electron chi connectivity index (χ1n) is 14.8. The number of pyridine rings is 1. The largest absolute Gasteiger partial charge is 0.296 e. The zero-order valence-corrected chi connectivity index (χ0v) is 23.9. The maximum absolute atomic E-state index is 4.89. The van der Waals surface area contributed by atoms with Gasteiger partial charge >= 0.3 is 0 Å². The summed E-state index contributed by atoms with van der Waals surface area (Å²) in [5, 5.41) is 5.00. The van der Waals surface area contributed by atoms with E-state index >= 15 is 0 Å². The number of rotatable bonds is 5. The minimum atomic E-state index is 0.871. The summed E-state index contributed by atoms with van der Waals surface area (Å²) in [6.07, 6.45) is 2.71. The van der Waals surface area contributed by atoms with Crippen LogP contribution < -0.4 is 0 Å². The van der Waals surface area contributed by atoms with Gasteiger partial charge in [0, 0.05) is 23.9 Å². The molecule has 0 aliphatic rings. The summed E-state index contributed by atoms with van der Waals surface area (Å²) in [4.78, 5) is 9.43. The van der Waals surface area contributed by atoms with Crippen molar-refractivity contribution in [2.45, 2.75) is 13.3 Å². The molecule has 0 amide bonds. The Bertz CT molecular complexity index is 2190. The normalized spacial score (nSPS) is 11.5. The highest BCUT2D eigenvalue weighted by Crippen LogP contribution is 2.44. The molecule has 0 atom stereocenters. The lowest BCUT2D eigenvalue weighted by Gasteiger charge is -2.18. The second kappa shape index (κ2) is 10.4. The van der Waals surface area contributed by atoms with Crippen molar-refractivity contribution in [1.29, 1.82) is 0 Å². The molecular weight excluding hydrogens is 522 g/mol. The van der Waals surface area contributed by atoms with E-state index in [0.717, 1.165) is 40.2 Å². The predicted molar refractivity (Wildman–Crippen MR) is 180 cm³/mol. The van der Waals surface area contributed by atoms with Gasteiger partial charge in [0.05, 0.1) is 16.7 Å². The molecule has 0 radical (unpaired) electrons. The van der Waals surface area contributed by atoms with Gasteiger partial charge < -0.3 is 0 Å². The molecular formula is C40H29N3. The first-order chi connectivity index (χ1) is 21.3. The van der Waals surface area contributed by atoms with Crippen molar-refractivity contribution >= 4 is 32.6 Å². The van der Waals surface area contributed by atoms with Gasteiger partial charge in [-0.2, -0.15) is 0 Å². The Hall–Kier alpha value is -5.54. The van der Waals surface area contributed by atoms with E-state index in [0.29, 0.717) is 0 Å². The molecule has 2 heterocycles. The van der Waals surface area contributed by atoms with Gasteiger partial charge in [-0.25, -0.2) is 4.98 Å². The molecule has 3 nitrogen and oxygen atoms in total. The van der Waals surface area contributed by atoms with E-state index < -0.39 is 0 Å². The van der Waals surface area contributed by atoms with Crippen molar-refractivity contribution in [2.75, 3.05) is 0 Å². The Labute approximate surface area is 250 Å². The Kier molecular flexibility index (Phi) is 6.08. The van der Waals surface area contributed by atoms with Crippen molar-refractivity contribution in [3.63, 3.8) is 0 Å². The summed E-state index contributed by atoms with van der Waals surface area (Å²) in [5.41, 5.74) is 10.3. The number of imidazole rings is 1. The van der Waals surface area contributed by atoms with Crippen LogP contribution in [0.4, 0.5) is 0 Å². The number of hydrogen-bond donors (Lipinski definition) is 0. The van der Waals surface area contributed by atoms with Crippen LogP contribution in [0.5, 0.6) is 0 Å². The monoisotopic (exact) mass is 551 g/mol. The summed E-state index contributed by atoms with van der Waals surface area (Å²) in [7, 11) is 0. The van der Waals surface area contributed by atoms with Crippen LogP contribution in [0, 0.1) is 0 Å². The van der Waals surface area contributed by atoms with Gasteiger partial charge in [0.15, 0.2) is 0 Å². The Morgan fingerprint density at radius 3 is 1.58 bits per heavy atom. The van der Waals surface area contributed by atoms with E-state index in [1.54, 1.807) is 0 Å². The Morgan fingerprint density at radius 2 is 1.02 bits per heavy atom. The SMILES string of the molecule is CCc1nc2ccccc2n1-c1ccc(-c2c3ccccc3c(-c3ccc(-c4ccccn4)cc3)c3ccccc23)cc1. The molecule has 204 valence electrons. The van der Waals surface area contributed by atoms with Gasteiger partial charge in [0.1, 0.15) is 5.82 Å². The average Bonchev–Trinajstić information content (AvgIpc) is 3.47. The second-order valence-corrected chi connectivity index (χ2v) is 10.9. The average molecular weight is 552 g/mol. The lowest BCUT2D eigenvalue weighted by molar-refractivity contribution is 0.908. The van der Waals surface area contributed by atoms with Crippen LogP contribution in [0.15, 0.2) is 146 Å². The standard InChI is InChI=1S/C40H29N3/c1-2-38-42-36-16-7-8-17-37(36)43(38)30-24-22-29(23-25-30)40-33-13-5-3-11-31(33)39(32-12-4-6-14-34(32)40)28-20-18-27(19-21-28)35-15-9-10-26-41-35/h3-26H,2H2,1H3. The summed E-state index contributed by atoms with van der Waals surface area (Å²) in [6.45, 7) is 2.16. The smallest absolute Gasteiger partial charge is 0.114 e. The van der Waals surface area contributed by atoms with Crippen molar-refractivity contribution in [1.82, 2.24) is 14.5 Å². The molecule has 0 aliphatic heterocycles. The highest BCUT2D eigenvalue weighted by atomic mass is 15.1. The molecule has 0 saturated heterocycles. The number of nitrogens with zero attached hydrogens (tertiary/aromatic N) is 3. The third kappa shape index (κ3) is 4.21. The lowest BCUT2D eigenvalue weighted by Crippen LogP contribution is -2.00. The first kappa shape index (κ1) is 25.2. The van der Waals surface area contributed by atoms with E-state index in [1.807, 2.05) is 18.3 Å². The molecule has 0 saturated carbocycles. The minimum absolute atomic E-state index is 0.871. The molecule has 0 aliphatic carbocycles. The fraction of sp³-hybridized carbons (Fsp3) is 0.0500. The number of benzene rings is 6. The molecule has 2 aromatic heterocycles. The zero-order chi connectivity index (χ0) is 28.8. The summed E-state index contributed by atoms with van der Waals surface area (Å²) >= 11 is 0. The van der Waals surface area contributed by atoms with E-state index in [-0.39, 0.29) is 0 Å². The Balaban J connectivity index is 1.30. The fourth-order valence-corrected chi connectivity index (χ4v) is 6.47. The van der Waals surface area contributed by atoms with Gasteiger partial charge in [-0.05, 0) is 80.2 Å². The maximum Gasteiger partial charge on any atom is 0.114 e. The van der Waals surface area contributed by atoms with E-state index in [2.05, 4.69) is 144 Å². The molecule has 6 aromatic carbocycles. The quantitative estimate of drug-likeness (QED) is 0.199. The summed E-state index contributed by atoms with van der Waals surface area (Å²) < 4.78 is 2.28. The number of hydrogen-bond acceptors (Lipinski definition) is 2. The van der Waals surface area contributed by atoms with Crippen molar-refractivity contribution < 1.29 is 0 Å². The number of para-hydroxylation sites is 2. The first-order valence-corrected chi connectivity index (χ1v) is 14.8. The number of fused-ring (bicyclic) bond motifs is 3. The predicted octanol–water partition coefficient (Wildman–Crippen LogP) is 10.3. The Morgan fingerprint density at radius 1 is 0.512 bits per heavy atom. The highest BCUT2D eigenvalue weighted by Gasteiger charge is 2.17. The minimum Gasteiger partial charge on any atom is -0.296 e. The molecule has 8 rings (SSSR count). The van der Waals surface area contributed by atoms with Gasteiger partial charge in [-0.1, -0.05) is 110 Å². The van der Waals surface area contributed by atoms with Crippen LogP contribution in [-0.4, -0.2) is 14.5 Å². The molecule has 3 heteroatoms. The molecule has 0 bridgehead atoms. The topological polar surface area (TPSA) is 30.7 Å². The molecule has 0 unspecified atom stereocenters. The van der Waals surface area contributed by atoms with Gasteiger partial charge in [0.25, 0.3) is 0 Å². The number of aromatic nitrogens is 3. The van der Waals surface area contributed by atoms with Crippen LogP contribution in [0.3, 0.4) is 0 Å². The summed E-state index contributed by atoms with van der Waals surface area (Å²) in [5.74, 6) is 1.07. The van der Waals surface area contributed by atoms with Crippen LogP contribution >= 0.6 is 0 Å². The molecule has 0 spiro atoms. The highest BCUT2D eigenvalue weighted by molar-refractivity contribution is 6.21. The van der Waals surface area contributed by atoms with Crippen LogP contribution in [0.2, 0.25) is 0 Å². The van der Waals surface area contributed by atoms with E-state index in [9.17, 15) is 0 Å². The van der Waals surface area contributed by atoms with Crippen LogP contribution in [0.25, 0.3) is 71.8 Å². The van der Waals surface area contributed by atoms with Crippen molar-refractivity contribution in [3.05, 3.63) is 152 Å². The second-order valence-electron chi connectivity index (χ2n) is 10.9. The third-order valence-corrected chi connectivity index (χ3v) is 8.43. The van der Waals surface area contributed by atoms with E-state index in [4.69, 9.17) is 4.98 Å². The van der Waals surface area contributed by atoms with Gasteiger partial charge in [-0.3, -0.25) is 9.55 Å². The maximum atomic E-state index is 4.89. The number of aryl methyl sites for hydroxylation is 1. The van der Waals surface area contributed by atoms with E-state index in [1.165, 1.54) is 43.8 Å². The fourth-order valence-electron chi connectivity index (χ4n) is 6.47. The van der Waals surface area contributed by atoms with Gasteiger partial charge in [0.2, 0.25) is 0 Å². The molecule has 0 fully saturated rings. The van der Waals surface area contributed by atoms with Crippen LogP contribution in [-0.2, 0) is 6.42 Å². The van der Waals surface area contributed by atoms with Gasteiger partial charge in [-0.15, -0.1) is 0 Å².